The molecule has 0 radical (unpaired) electrons. The van der Waals surface area contributed by atoms with Crippen LogP contribution in [0.2, 0.25) is 0 Å². The molecule has 8 heteroatoms. The predicted octanol–water partition coefficient (Wildman–Crippen LogP) is 4.90. The zero-order valence-electron chi connectivity index (χ0n) is 16.6. The average Bonchev–Trinajstić information content (AvgIpc) is 3.00. The molecule has 0 fully saturated rings. The third kappa shape index (κ3) is 3.29. The standard InChI is InChI=1S/C23H18F3NO4/c1-30-17-9-7-16(8-10-17)27-20-13-18(31-2)11-12-19(20)21(28)22(27,29)14-3-5-15(6-4-14)23(24,25)26/h3-13,29H,1-2H3. The number of hydrogen-bond acceptors (Lipinski definition) is 5. The lowest BCUT2D eigenvalue weighted by atomic mass is 9.95. The minimum atomic E-state index is -4.53. The van der Waals surface area contributed by atoms with E-state index in [1.165, 1.54) is 25.2 Å². The van der Waals surface area contributed by atoms with E-state index < -0.39 is 23.2 Å². The summed E-state index contributed by atoms with van der Waals surface area (Å²) in [6, 6.07) is 15.2. The van der Waals surface area contributed by atoms with Gasteiger partial charge in [0.05, 0.1) is 25.5 Å². The van der Waals surface area contributed by atoms with E-state index in [4.69, 9.17) is 9.47 Å². The summed E-state index contributed by atoms with van der Waals surface area (Å²) in [7, 11) is 2.98. The Bertz CT molecular complexity index is 1130. The first kappa shape index (κ1) is 20.7. The number of aliphatic hydroxyl groups is 1. The second-order valence-corrected chi connectivity index (χ2v) is 6.99. The zero-order chi connectivity index (χ0) is 22.4. The fourth-order valence-electron chi connectivity index (χ4n) is 3.69. The van der Waals surface area contributed by atoms with E-state index >= 15 is 0 Å². The van der Waals surface area contributed by atoms with Gasteiger partial charge in [-0.3, -0.25) is 4.79 Å². The van der Waals surface area contributed by atoms with Gasteiger partial charge in [-0.1, -0.05) is 12.1 Å². The van der Waals surface area contributed by atoms with E-state index in [-0.39, 0.29) is 11.1 Å². The third-order valence-electron chi connectivity index (χ3n) is 5.28. The number of hydrogen-bond donors (Lipinski definition) is 1. The van der Waals surface area contributed by atoms with Crippen molar-refractivity contribution in [3.63, 3.8) is 0 Å². The molecule has 1 unspecified atom stereocenters. The van der Waals surface area contributed by atoms with Crippen LogP contribution >= 0.6 is 0 Å². The number of ether oxygens (including phenoxy) is 2. The summed E-state index contributed by atoms with van der Waals surface area (Å²) >= 11 is 0. The van der Waals surface area contributed by atoms with Crippen molar-refractivity contribution in [2.75, 3.05) is 19.1 Å². The minimum Gasteiger partial charge on any atom is -0.497 e. The molecule has 1 aliphatic rings. The number of fused-ring (bicyclic) bond motifs is 1. The molecule has 0 bridgehead atoms. The summed E-state index contributed by atoms with van der Waals surface area (Å²) in [5.74, 6) is 0.376. The molecule has 0 saturated carbocycles. The van der Waals surface area contributed by atoms with E-state index in [2.05, 4.69) is 0 Å². The Morgan fingerprint density at radius 1 is 0.871 bits per heavy atom. The van der Waals surface area contributed by atoms with E-state index in [0.29, 0.717) is 22.9 Å². The van der Waals surface area contributed by atoms with Gasteiger partial charge in [-0.15, -0.1) is 0 Å². The highest BCUT2D eigenvalue weighted by Crippen LogP contribution is 2.49. The number of ketones is 1. The van der Waals surface area contributed by atoms with Gasteiger partial charge in [-0.2, -0.15) is 13.2 Å². The van der Waals surface area contributed by atoms with Crippen LogP contribution in [0.1, 0.15) is 21.5 Å². The average molecular weight is 429 g/mol. The Morgan fingerprint density at radius 2 is 1.45 bits per heavy atom. The quantitative estimate of drug-likeness (QED) is 0.639. The lowest BCUT2D eigenvalue weighted by Gasteiger charge is -2.35. The molecule has 0 spiro atoms. The second-order valence-electron chi connectivity index (χ2n) is 6.99. The molecule has 31 heavy (non-hydrogen) atoms. The van der Waals surface area contributed by atoms with Gasteiger partial charge in [0.2, 0.25) is 11.5 Å². The number of halogens is 3. The topological polar surface area (TPSA) is 59.0 Å². The molecule has 0 aromatic heterocycles. The first-order chi connectivity index (χ1) is 14.7. The molecule has 3 aromatic carbocycles. The number of anilines is 2. The summed E-state index contributed by atoms with van der Waals surface area (Å²) in [5.41, 5.74) is -2.07. The number of nitrogens with zero attached hydrogens (tertiary/aromatic N) is 1. The van der Waals surface area contributed by atoms with E-state index in [1.54, 1.807) is 36.4 Å². The number of alkyl halides is 3. The highest BCUT2D eigenvalue weighted by molar-refractivity contribution is 6.15. The number of benzene rings is 3. The van der Waals surface area contributed by atoms with Crippen molar-refractivity contribution in [1.82, 2.24) is 0 Å². The fourth-order valence-corrected chi connectivity index (χ4v) is 3.69. The van der Waals surface area contributed by atoms with Crippen molar-refractivity contribution in [3.8, 4) is 11.5 Å². The van der Waals surface area contributed by atoms with Crippen LogP contribution in [0.25, 0.3) is 0 Å². The van der Waals surface area contributed by atoms with Gasteiger partial charge in [0.1, 0.15) is 11.5 Å². The molecule has 1 atom stereocenters. The van der Waals surface area contributed by atoms with Crippen LogP contribution in [0.3, 0.4) is 0 Å². The summed E-state index contributed by atoms with van der Waals surface area (Å²) in [6.07, 6.45) is -4.53. The Labute approximate surface area is 176 Å². The van der Waals surface area contributed by atoms with Crippen LogP contribution in [-0.4, -0.2) is 25.1 Å². The van der Waals surface area contributed by atoms with E-state index in [0.717, 1.165) is 24.3 Å². The Morgan fingerprint density at radius 3 is 2.00 bits per heavy atom. The van der Waals surface area contributed by atoms with Crippen LogP contribution in [0, 0.1) is 0 Å². The number of Topliss-reactive ketones (excluding diaryl/α,β-unsaturated/α-hetero) is 1. The Balaban J connectivity index is 1.91. The molecule has 1 N–H and O–H groups in total. The molecule has 0 aliphatic carbocycles. The van der Waals surface area contributed by atoms with Gasteiger partial charge >= 0.3 is 6.18 Å². The maximum atomic E-state index is 13.3. The van der Waals surface area contributed by atoms with Crippen LogP contribution < -0.4 is 14.4 Å². The molecule has 0 amide bonds. The van der Waals surface area contributed by atoms with Crippen molar-refractivity contribution < 1.29 is 32.5 Å². The molecular weight excluding hydrogens is 411 g/mol. The van der Waals surface area contributed by atoms with Crippen LogP contribution in [0.4, 0.5) is 24.5 Å². The summed E-state index contributed by atoms with van der Waals surface area (Å²) in [4.78, 5) is 14.7. The molecule has 1 heterocycles. The maximum Gasteiger partial charge on any atom is 0.416 e. The van der Waals surface area contributed by atoms with E-state index in [1.807, 2.05) is 0 Å². The van der Waals surface area contributed by atoms with Gasteiger partial charge in [0.25, 0.3) is 0 Å². The molecule has 3 aromatic rings. The lowest BCUT2D eigenvalue weighted by molar-refractivity contribution is -0.137. The van der Waals surface area contributed by atoms with Gasteiger partial charge in [0.15, 0.2) is 0 Å². The van der Waals surface area contributed by atoms with Gasteiger partial charge in [0, 0.05) is 22.9 Å². The number of carbonyl (C=O) groups excluding carboxylic acids is 1. The lowest BCUT2D eigenvalue weighted by Crippen LogP contribution is -2.45. The summed E-state index contributed by atoms with van der Waals surface area (Å²) in [5, 5.41) is 11.7. The highest BCUT2D eigenvalue weighted by Gasteiger charge is 2.52. The second kappa shape index (κ2) is 7.31. The van der Waals surface area contributed by atoms with Gasteiger partial charge in [-0.25, -0.2) is 0 Å². The molecule has 4 rings (SSSR count). The monoisotopic (exact) mass is 429 g/mol. The fraction of sp³-hybridized carbons (Fsp3) is 0.174. The number of rotatable bonds is 4. The zero-order valence-corrected chi connectivity index (χ0v) is 16.6. The Hall–Kier alpha value is -3.52. The number of methoxy groups -OCH3 is 2. The highest BCUT2D eigenvalue weighted by atomic mass is 19.4. The molecule has 5 nitrogen and oxygen atoms in total. The third-order valence-corrected chi connectivity index (χ3v) is 5.28. The van der Waals surface area contributed by atoms with Gasteiger partial charge in [-0.05, 0) is 48.5 Å². The summed E-state index contributed by atoms with van der Waals surface area (Å²) < 4.78 is 49.5. The Kier molecular flexibility index (Phi) is 4.89. The van der Waals surface area contributed by atoms with Crippen molar-refractivity contribution in [1.29, 1.82) is 0 Å². The SMILES string of the molecule is COc1ccc(N2c3cc(OC)ccc3C(=O)C2(O)c2ccc(C(F)(F)F)cc2)cc1. The van der Waals surface area contributed by atoms with Crippen molar-refractivity contribution in [3.05, 3.63) is 83.4 Å². The largest absolute Gasteiger partial charge is 0.497 e. The van der Waals surface area contributed by atoms with Crippen molar-refractivity contribution in [2.45, 2.75) is 11.9 Å². The smallest absolute Gasteiger partial charge is 0.416 e. The molecule has 1 aliphatic heterocycles. The first-order valence-electron chi connectivity index (χ1n) is 9.27. The molecule has 160 valence electrons. The maximum absolute atomic E-state index is 13.3. The normalized spacial score (nSPS) is 18.1. The van der Waals surface area contributed by atoms with E-state index in [9.17, 15) is 23.1 Å². The van der Waals surface area contributed by atoms with Crippen LogP contribution in [-0.2, 0) is 11.9 Å². The molecule has 0 saturated heterocycles. The molecular formula is C23H18F3NO4. The summed E-state index contributed by atoms with van der Waals surface area (Å²) in [6.45, 7) is 0. The number of carbonyl (C=O) groups is 1. The first-order valence-corrected chi connectivity index (χ1v) is 9.27. The van der Waals surface area contributed by atoms with Gasteiger partial charge < -0.3 is 19.5 Å². The minimum absolute atomic E-state index is 0.0106. The van der Waals surface area contributed by atoms with Crippen molar-refractivity contribution >= 4 is 17.2 Å². The predicted molar refractivity (Wildman–Crippen MR) is 108 cm³/mol. The van der Waals surface area contributed by atoms with Crippen LogP contribution in [0.15, 0.2) is 66.7 Å². The van der Waals surface area contributed by atoms with Crippen molar-refractivity contribution in [2.24, 2.45) is 0 Å². The van der Waals surface area contributed by atoms with Crippen LogP contribution in [0.5, 0.6) is 11.5 Å².